The van der Waals surface area contributed by atoms with Crippen LogP contribution in [0.2, 0.25) is 0 Å². The number of fused-ring (bicyclic) bond motifs is 2. The zero-order valence-electron chi connectivity index (χ0n) is 10.0. The van der Waals surface area contributed by atoms with E-state index in [0.717, 1.165) is 18.9 Å². The zero-order chi connectivity index (χ0) is 12.8. The highest BCUT2D eigenvalue weighted by Crippen LogP contribution is 2.40. The van der Waals surface area contributed by atoms with Gasteiger partial charge in [-0.05, 0) is 24.5 Å². The third-order valence-corrected chi connectivity index (χ3v) is 3.95. The van der Waals surface area contributed by atoms with Crippen molar-refractivity contribution >= 4 is 0 Å². The highest BCUT2D eigenvalue weighted by molar-refractivity contribution is 5.21. The third kappa shape index (κ3) is 2.27. The lowest BCUT2D eigenvalue weighted by molar-refractivity contribution is -0.110. The molecular formula is C14H16F2O2. The van der Waals surface area contributed by atoms with E-state index in [2.05, 4.69) is 0 Å². The molecule has 2 aliphatic rings. The van der Waals surface area contributed by atoms with E-state index in [1.54, 1.807) is 0 Å². The zero-order valence-corrected chi connectivity index (χ0v) is 10.0. The molecule has 98 valence electrons. The first kappa shape index (κ1) is 12.1. The Hall–Kier alpha value is -1.00. The molecule has 3 rings (SSSR count). The normalized spacial score (nSPS) is 34.8. The minimum Gasteiger partial charge on any atom is -0.389 e. The number of benzene rings is 1. The molecule has 0 spiro atoms. The van der Waals surface area contributed by atoms with Crippen molar-refractivity contribution in [1.29, 1.82) is 0 Å². The predicted octanol–water partition coefficient (Wildman–Crippen LogP) is 2.58. The van der Waals surface area contributed by atoms with E-state index in [1.807, 2.05) is 0 Å². The molecule has 2 heterocycles. The maximum Gasteiger partial charge on any atom is 0.129 e. The summed E-state index contributed by atoms with van der Waals surface area (Å²) in [5.41, 5.74) is -0.539. The topological polar surface area (TPSA) is 29.5 Å². The van der Waals surface area contributed by atoms with Crippen LogP contribution in [0.1, 0.15) is 31.2 Å². The monoisotopic (exact) mass is 254 g/mol. The molecule has 2 aliphatic heterocycles. The molecule has 1 aromatic rings. The molecule has 0 radical (unpaired) electrons. The van der Waals surface area contributed by atoms with Gasteiger partial charge in [-0.1, -0.05) is 6.07 Å². The Bertz CT molecular complexity index is 449. The summed E-state index contributed by atoms with van der Waals surface area (Å²) in [6.45, 7) is 0. The molecule has 1 N–H and O–H groups in total. The van der Waals surface area contributed by atoms with Crippen molar-refractivity contribution in [1.82, 2.24) is 0 Å². The summed E-state index contributed by atoms with van der Waals surface area (Å²) in [6.07, 6.45) is 3.45. The summed E-state index contributed by atoms with van der Waals surface area (Å²) in [4.78, 5) is 0. The lowest BCUT2D eigenvalue weighted by Crippen LogP contribution is -2.42. The number of hydrogen-bond donors (Lipinski definition) is 1. The average molecular weight is 254 g/mol. The first-order valence-electron chi connectivity index (χ1n) is 6.36. The Morgan fingerprint density at radius 3 is 2.50 bits per heavy atom. The maximum atomic E-state index is 13.6. The van der Waals surface area contributed by atoms with Crippen LogP contribution < -0.4 is 0 Å². The Kier molecular flexibility index (Phi) is 2.87. The van der Waals surface area contributed by atoms with Crippen LogP contribution in [0, 0.1) is 11.6 Å². The Balaban J connectivity index is 1.79. The molecular weight excluding hydrogens is 238 g/mol. The van der Waals surface area contributed by atoms with Crippen LogP contribution >= 0.6 is 0 Å². The summed E-state index contributed by atoms with van der Waals surface area (Å²) in [7, 11) is 0. The van der Waals surface area contributed by atoms with Crippen LogP contribution in [-0.4, -0.2) is 22.9 Å². The number of hydrogen-bond acceptors (Lipinski definition) is 2. The van der Waals surface area contributed by atoms with Gasteiger partial charge in [0.25, 0.3) is 0 Å². The molecule has 2 atom stereocenters. The van der Waals surface area contributed by atoms with Crippen molar-refractivity contribution < 1.29 is 18.6 Å². The second-order valence-electron chi connectivity index (χ2n) is 5.50. The fraction of sp³-hybridized carbons (Fsp3) is 0.571. The minimum absolute atomic E-state index is 0.0947. The molecule has 1 aromatic carbocycles. The molecule has 2 bridgehead atoms. The van der Waals surface area contributed by atoms with Crippen LogP contribution in [-0.2, 0) is 11.2 Å². The Labute approximate surface area is 105 Å². The summed E-state index contributed by atoms with van der Waals surface area (Å²) < 4.78 is 32.1. The fourth-order valence-electron chi connectivity index (χ4n) is 3.18. The van der Waals surface area contributed by atoms with Gasteiger partial charge in [0.1, 0.15) is 11.6 Å². The number of rotatable bonds is 2. The summed E-state index contributed by atoms with van der Waals surface area (Å²) in [6, 6.07) is 3.52. The molecule has 2 nitrogen and oxygen atoms in total. The highest BCUT2D eigenvalue weighted by atomic mass is 19.1. The van der Waals surface area contributed by atoms with Crippen molar-refractivity contribution in [2.45, 2.75) is 49.9 Å². The number of halogens is 2. The number of ether oxygens (including phenoxy) is 1. The predicted molar refractivity (Wildman–Crippen MR) is 62.1 cm³/mol. The van der Waals surface area contributed by atoms with Crippen molar-refractivity contribution in [3.63, 3.8) is 0 Å². The summed E-state index contributed by atoms with van der Waals surface area (Å²) in [5.74, 6) is -1.17. The second-order valence-corrected chi connectivity index (χ2v) is 5.50. The van der Waals surface area contributed by atoms with E-state index in [-0.39, 0.29) is 18.6 Å². The van der Waals surface area contributed by atoms with Gasteiger partial charge in [0.05, 0.1) is 17.8 Å². The van der Waals surface area contributed by atoms with Gasteiger partial charge in [-0.3, -0.25) is 0 Å². The van der Waals surface area contributed by atoms with E-state index in [1.165, 1.54) is 12.1 Å². The highest BCUT2D eigenvalue weighted by Gasteiger charge is 2.43. The van der Waals surface area contributed by atoms with Crippen molar-refractivity contribution in [3.05, 3.63) is 35.4 Å². The Morgan fingerprint density at radius 2 is 1.89 bits per heavy atom. The lowest BCUT2D eigenvalue weighted by Gasteiger charge is -2.36. The molecule has 0 aromatic heterocycles. The van der Waals surface area contributed by atoms with E-state index in [9.17, 15) is 13.9 Å². The van der Waals surface area contributed by atoms with Gasteiger partial charge in [0, 0.05) is 25.3 Å². The number of aliphatic hydroxyl groups is 1. The minimum atomic E-state index is -0.914. The van der Waals surface area contributed by atoms with Crippen molar-refractivity contribution in [2.24, 2.45) is 0 Å². The lowest BCUT2D eigenvalue weighted by atomic mass is 9.84. The van der Waals surface area contributed by atoms with Crippen LogP contribution in [0.5, 0.6) is 0 Å². The first-order valence-corrected chi connectivity index (χ1v) is 6.36. The van der Waals surface area contributed by atoms with Crippen molar-refractivity contribution in [3.8, 4) is 0 Å². The van der Waals surface area contributed by atoms with Crippen LogP contribution in [0.15, 0.2) is 18.2 Å². The molecule has 2 fully saturated rings. The first-order chi connectivity index (χ1) is 8.54. The SMILES string of the molecule is OC1(Cc2ccc(F)cc2F)CC2CCC(C1)O2. The molecule has 0 saturated carbocycles. The second kappa shape index (κ2) is 4.28. The largest absolute Gasteiger partial charge is 0.389 e. The molecule has 4 heteroatoms. The molecule has 0 aliphatic carbocycles. The van der Waals surface area contributed by atoms with Crippen LogP contribution in [0.3, 0.4) is 0 Å². The summed E-state index contributed by atoms with van der Waals surface area (Å²) >= 11 is 0. The van der Waals surface area contributed by atoms with Gasteiger partial charge in [-0.15, -0.1) is 0 Å². The van der Waals surface area contributed by atoms with Gasteiger partial charge >= 0.3 is 0 Å². The molecule has 0 amide bonds. The Morgan fingerprint density at radius 1 is 1.22 bits per heavy atom. The van der Waals surface area contributed by atoms with Gasteiger partial charge in [-0.25, -0.2) is 8.78 Å². The van der Waals surface area contributed by atoms with Gasteiger partial charge in [0.2, 0.25) is 0 Å². The molecule has 2 saturated heterocycles. The standard InChI is InChI=1S/C14H16F2O2/c15-10-2-1-9(13(16)5-10)6-14(17)7-11-3-4-12(8-14)18-11/h1-2,5,11-12,17H,3-4,6-8H2. The van der Waals surface area contributed by atoms with Gasteiger partial charge in [0.15, 0.2) is 0 Å². The van der Waals surface area contributed by atoms with E-state index in [0.29, 0.717) is 18.4 Å². The molecule has 2 unspecified atom stereocenters. The molecule has 18 heavy (non-hydrogen) atoms. The van der Waals surface area contributed by atoms with E-state index < -0.39 is 17.2 Å². The average Bonchev–Trinajstić information content (AvgIpc) is 2.63. The van der Waals surface area contributed by atoms with Crippen LogP contribution in [0.25, 0.3) is 0 Å². The summed E-state index contributed by atoms with van der Waals surface area (Å²) in [5, 5.41) is 10.6. The van der Waals surface area contributed by atoms with Gasteiger partial charge in [-0.2, -0.15) is 0 Å². The maximum absolute atomic E-state index is 13.6. The van der Waals surface area contributed by atoms with Crippen LogP contribution in [0.4, 0.5) is 8.78 Å². The van der Waals surface area contributed by atoms with Crippen molar-refractivity contribution in [2.75, 3.05) is 0 Å². The van der Waals surface area contributed by atoms with Gasteiger partial charge < -0.3 is 9.84 Å². The van der Waals surface area contributed by atoms with E-state index in [4.69, 9.17) is 4.74 Å². The quantitative estimate of drug-likeness (QED) is 0.879. The fourth-order valence-corrected chi connectivity index (χ4v) is 3.18. The smallest absolute Gasteiger partial charge is 0.129 e. The van der Waals surface area contributed by atoms with E-state index >= 15 is 0 Å². The third-order valence-electron chi connectivity index (χ3n) is 3.95.